The van der Waals surface area contributed by atoms with Crippen LogP contribution in [0.3, 0.4) is 0 Å². The van der Waals surface area contributed by atoms with Crippen LogP contribution in [0.2, 0.25) is 0 Å². The first-order valence-corrected chi connectivity index (χ1v) is 6.90. The summed E-state index contributed by atoms with van der Waals surface area (Å²) in [7, 11) is 0. The third-order valence-electron chi connectivity index (χ3n) is 2.63. The van der Waals surface area contributed by atoms with Crippen molar-refractivity contribution < 1.29 is 0 Å². The van der Waals surface area contributed by atoms with Crippen molar-refractivity contribution in [3.8, 4) is 0 Å². The van der Waals surface area contributed by atoms with Gasteiger partial charge in [0.15, 0.2) is 0 Å². The molecule has 0 saturated carbocycles. The molecule has 0 aromatic heterocycles. The standard InChI is InChI=1S/C18H24/c1-2-4-6-8-10-12-14-16-18-17-15-13-11-9-7-5-3-1/h1-2,5-8,11-14,17-18H,3-4,9-10,15-16H2/b2-1-,7-5-,8-6-,13-11-,14-12-,18-17-. The van der Waals surface area contributed by atoms with E-state index in [0.717, 1.165) is 38.5 Å². The van der Waals surface area contributed by atoms with Crippen LogP contribution in [0.25, 0.3) is 0 Å². The smallest absolute Gasteiger partial charge is 0.0169 e. The van der Waals surface area contributed by atoms with E-state index in [0.29, 0.717) is 0 Å². The summed E-state index contributed by atoms with van der Waals surface area (Å²) in [4.78, 5) is 0. The van der Waals surface area contributed by atoms with Gasteiger partial charge in [-0.25, -0.2) is 0 Å². The van der Waals surface area contributed by atoms with E-state index >= 15 is 0 Å². The maximum atomic E-state index is 2.23. The van der Waals surface area contributed by atoms with Gasteiger partial charge in [0.25, 0.3) is 0 Å². The highest BCUT2D eigenvalue weighted by Crippen LogP contribution is 1.98. The molecule has 0 bridgehead atoms. The molecule has 1 rings (SSSR count). The van der Waals surface area contributed by atoms with Crippen LogP contribution in [0.15, 0.2) is 72.9 Å². The lowest BCUT2D eigenvalue weighted by molar-refractivity contribution is 1.23. The SMILES string of the molecule is C1=C\C/C=C\C/C=C\C/C=C\C/C=C\C/C=C\C/1. The van der Waals surface area contributed by atoms with Crippen molar-refractivity contribution in [2.45, 2.75) is 38.5 Å². The molecule has 0 nitrogen and oxygen atoms in total. The summed E-state index contributed by atoms with van der Waals surface area (Å²) in [6.07, 6.45) is 33.0. The average molecular weight is 240 g/mol. The Hall–Kier alpha value is -1.56. The Balaban J connectivity index is 2.40. The lowest BCUT2D eigenvalue weighted by Crippen LogP contribution is -1.66. The van der Waals surface area contributed by atoms with Gasteiger partial charge < -0.3 is 0 Å². The van der Waals surface area contributed by atoms with E-state index in [1.54, 1.807) is 0 Å². The lowest BCUT2D eigenvalue weighted by Gasteiger charge is -1.87. The van der Waals surface area contributed by atoms with Crippen molar-refractivity contribution >= 4 is 0 Å². The summed E-state index contributed by atoms with van der Waals surface area (Å²) >= 11 is 0. The van der Waals surface area contributed by atoms with E-state index in [-0.39, 0.29) is 0 Å². The number of hydrogen-bond acceptors (Lipinski definition) is 0. The highest BCUT2D eigenvalue weighted by molar-refractivity contribution is 5.03. The molecule has 0 aromatic carbocycles. The lowest BCUT2D eigenvalue weighted by atomic mass is 10.2. The summed E-state index contributed by atoms with van der Waals surface area (Å²) in [6, 6.07) is 0. The van der Waals surface area contributed by atoms with Gasteiger partial charge in [0.05, 0.1) is 0 Å². The Labute approximate surface area is 112 Å². The molecule has 0 N–H and O–H groups in total. The van der Waals surface area contributed by atoms with Crippen LogP contribution >= 0.6 is 0 Å². The topological polar surface area (TPSA) is 0 Å². The van der Waals surface area contributed by atoms with E-state index in [2.05, 4.69) is 72.9 Å². The fraction of sp³-hybridized carbons (Fsp3) is 0.333. The fourth-order valence-corrected chi connectivity index (χ4v) is 1.63. The van der Waals surface area contributed by atoms with E-state index in [1.165, 1.54) is 0 Å². The van der Waals surface area contributed by atoms with Crippen molar-refractivity contribution in [2.75, 3.05) is 0 Å². The monoisotopic (exact) mass is 240 g/mol. The molecule has 0 spiro atoms. The molecule has 0 aliphatic heterocycles. The Bertz CT molecular complexity index is 231. The van der Waals surface area contributed by atoms with Gasteiger partial charge in [-0.3, -0.25) is 0 Å². The van der Waals surface area contributed by atoms with Crippen molar-refractivity contribution in [1.82, 2.24) is 0 Å². The van der Waals surface area contributed by atoms with Crippen LogP contribution < -0.4 is 0 Å². The highest BCUT2D eigenvalue weighted by atomic mass is 13.8. The number of rotatable bonds is 0. The van der Waals surface area contributed by atoms with Crippen LogP contribution in [0.1, 0.15) is 38.5 Å². The Morgan fingerprint density at radius 2 is 0.333 bits per heavy atom. The largest absolute Gasteiger partial charge is 0.0844 e. The van der Waals surface area contributed by atoms with E-state index < -0.39 is 0 Å². The molecular formula is C18H24. The molecule has 0 fully saturated rings. The molecule has 18 heavy (non-hydrogen) atoms. The van der Waals surface area contributed by atoms with Crippen LogP contribution in [0.5, 0.6) is 0 Å². The van der Waals surface area contributed by atoms with Crippen molar-refractivity contribution in [2.24, 2.45) is 0 Å². The van der Waals surface area contributed by atoms with Gasteiger partial charge >= 0.3 is 0 Å². The second-order valence-corrected chi connectivity index (χ2v) is 4.24. The minimum Gasteiger partial charge on any atom is -0.0844 e. The molecule has 1 aliphatic rings. The van der Waals surface area contributed by atoms with Gasteiger partial charge in [0.1, 0.15) is 0 Å². The molecule has 1 aliphatic carbocycles. The van der Waals surface area contributed by atoms with Crippen molar-refractivity contribution in [3.63, 3.8) is 0 Å². The maximum Gasteiger partial charge on any atom is -0.0169 e. The number of allylic oxidation sites excluding steroid dienone is 12. The summed E-state index contributed by atoms with van der Waals surface area (Å²) in [5.74, 6) is 0. The van der Waals surface area contributed by atoms with E-state index in [9.17, 15) is 0 Å². The van der Waals surface area contributed by atoms with E-state index in [4.69, 9.17) is 0 Å². The Morgan fingerprint density at radius 3 is 0.444 bits per heavy atom. The van der Waals surface area contributed by atoms with Crippen molar-refractivity contribution in [1.29, 1.82) is 0 Å². The molecule has 0 saturated heterocycles. The van der Waals surface area contributed by atoms with E-state index in [1.807, 2.05) is 0 Å². The van der Waals surface area contributed by atoms with Gasteiger partial charge in [0.2, 0.25) is 0 Å². The third kappa shape index (κ3) is 9.65. The van der Waals surface area contributed by atoms with Crippen LogP contribution in [0.4, 0.5) is 0 Å². The zero-order valence-corrected chi connectivity index (χ0v) is 11.2. The van der Waals surface area contributed by atoms with Gasteiger partial charge in [0, 0.05) is 0 Å². The summed E-state index contributed by atoms with van der Waals surface area (Å²) < 4.78 is 0. The first-order valence-electron chi connectivity index (χ1n) is 6.90. The fourth-order valence-electron chi connectivity index (χ4n) is 1.63. The normalized spacial score (nSPS) is 29.3. The van der Waals surface area contributed by atoms with Crippen LogP contribution in [-0.2, 0) is 0 Å². The molecule has 0 amide bonds. The predicted molar refractivity (Wildman–Crippen MR) is 82.5 cm³/mol. The maximum absolute atomic E-state index is 2.23. The minimum absolute atomic E-state index is 1.04. The molecule has 0 radical (unpaired) electrons. The van der Waals surface area contributed by atoms with Gasteiger partial charge in [-0.15, -0.1) is 0 Å². The van der Waals surface area contributed by atoms with Gasteiger partial charge in [-0.05, 0) is 38.5 Å². The molecule has 0 aromatic rings. The first-order chi connectivity index (χ1) is 9.00. The zero-order chi connectivity index (χ0) is 12.7. The zero-order valence-electron chi connectivity index (χ0n) is 11.2. The number of hydrogen-bond donors (Lipinski definition) is 0. The molecule has 96 valence electrons. The summed E-state index contributed by atoms with van der Waals surface area (Å²) in [5, 5.41) is 0. The third-order valence-corrected chi connectivity index (χ3v) is 2.63. The Morgan fingerprint density at radius 1 is 0.222 bits per heavy atom. The second kappa shape index (κ2) is 11.9. The summed E-state index contributed by atoms with van der Waals surface area (Å²) in [5.41, 5.74) is 0. The predicted octanol–water partition coefficient (Wildman–Crippen LogP) is 5.68. The van der Waals surface area contributed by atoms with Gasteiger partial charge in [-0.1, -0.05) is 72.9 Å². The highest BCUT2D eigenvalue weighted by Gasteiger charge is 1.77. The van der Waals surface area contributed by atoms with Crippen LogP contribution in [0, 0.1) is 0 Å². The molecular weight excluding hydrogens is 216 g/mol. The minimum atomic E-state index is 1.04. The first kappa shape index (κ1) is 14.5. The molecule has 0 heteroatoms. The summed E-state index contributed by atoms with van der Waals surface area (Å²) in [6.45, 7) is 0. The van der Waals surface area contributed by atoms with Crippen LogP contribution in [-0.4, -0.2) is 0 Å². The average Bonchev–Trinajstić information content (AvgIpc) is 2.39. The molecule has 0 atom stereocenters. The van der Waals surface area contributed by atoms with Gasteiger partial charge in [-0.2, -0.15) is 0 Å². The quantitative estimate of drug-likeness (QED) is 0.478. The molecule has 0 heterocycles. The van der Waals surface area contributed by atoms with Crippen molar-refractivity contribution in [3.05, 3.63) is 72.9 Å². The Kier molecular flexibility index (Phi) is 9.60. The second-order valence-electron chi connectivity index (χ2n) is 4.24. The molecule has 0 unspecified atom stereocenters.